The first-order valence-corrected chi connectivity index (χ1v) is 12.8. The molecule has 2 amide bonds. The second-order valence-corrected chi connectivity index (χ2v) is 9.70. The van der Waals surface area contributed by atoms with Crippen LogP contribution in [0.2, 0.25) is 5.02 Å². The average Bonchev–Trinajstić information content (AvgIpc) is 2.93. The van der Waals surface area contributed by atoms with E-state index >= 15 is 0 Å². The van der Waals surface area contributed by atoms with Crippen molar-refractivity contribution in [2.75, 3.05) is 19.5 Å². The fourth-order valence-electron chi connectivity index (χ4n) is 4.79. The molecule has 0 aromatic heterocycles. The van der Waals surface area contributed by atoms with Crippen molar-refractivity contribution in [1.29, 1.82) is 0 Å². The van der Waals surface area contributed by atoms with Crippen LogP contribution in [0.5, 0.6) is 11.5 Å². The summed E-state index contributed by atoms with van der Waals surface area (Å²) in [5.41, 5.74) is 8.26. The molecule has 3 aromatic rings. The van der Waals surface area contributed by atoms with Gasteiger partial charge in [0.15, 0.2) is 11.5 Å². The summed E-state index contributed by atoms with van der Waals surface area (Å²) < 4.78 is 24.3. The van der Waals surface area contributed by atoms with E-state index in [-0.39, 0.29) is 30.1 Å². The minimum absolute atomic E-state index is 0.178. The maximum absolute atomic E-state index is 13.9. The van der Waals surface area contributed by atoms with Crippen molar-refractivity contribution in [3.05, 3.63) is 88.2 Å². The number of hydrogen-bond donors (Lipinski definition) is 2. The highest BCUT2D eigenvalue weighted by Crippen LogP contribution is 2.32. The lowest BCUT2D eigenvalue weighted by Crippen LogP contribution is -2.51. The summed E-state index contributed by atoms with van der Waals surface area (Å²) >= 11 is 6.56. The third-order valence-corrected chi connectivity index (χ3v) is 7.17. The summed E-state index contributed by atoms with van der Waals surface area (Å²) in [6.45, 7) is 0.189. The van der Waals surface area contributed by atoms with Crippen LogP contribution in [0.3, 0.4) is 0 Å². The summed E-state index contributed by atoms with van der Waals surface area (Å²) in [4.78, 5) is 28.3. The van der Waals surface area contributed by atoms with Gasteiger partial charge in [0.2, 0.25) is 0 Å². The summed E-state index contributed by atoms with van der Waals surface area (Å²) in [5, 5.41) is 3.23. The molecule has 1 fully saturated rings. The van der Waals surface area contributed by atoms with Gasteiger partial charge in [-0.25, -0.2) is 4.39 Å². The van der Waals surface area contributed by atoms with E-state index < -0.39 is 11.7 Å². The maximum Gasteiger partial charge on any atom is 0.255 e. The number of carbonyl (C=O) groups excluding carboxylic acids is 2. The van der Waals surface area contributed by atoms with Crippen LogP contribution in [0.25, 0.3) is 0 Å². The molecule has 0 radical (unpaired) electrons. The van der Waals surface area contributed by atoms with Crippen LogP contribution in [0, 0.1) is 5.82 Å². The summed E-state index contributed by atoms with van der Waals surface area (Å²) in [6.07, 6.45) is 3.57. The molecule has 0 spiro atoms. The van der Waals surface area contributed by atoms with Gasteiger partial charge in [0, 0.05) is 40.5 Å². The predicted molar refractivity (Wildman–Crippen MR) is 145 cm³/mol. The van der Waals surface area contributed by atoms with Crippen molar-refractivity contribution in [1.82, 2.24) is 4.90 Å². The Bertz CT molecular complexity index is 1320. The molecule has 1 aliphatic carbocycles. The molecule has 38 heavy (non-hydrogen) atoms. The lowest BCUT2D eigenvalue weighted by Gasteiger charge is -2.39. The van der Waals surface area contributed by atoms with Crippen molar-refractivity contribution in [2.45, 2.75) is 44.3 Å². The topological polar surface area (TPSA) is 93.9 Å². The second kappa shape index (κ2) is 12.3. The van der Waals surface area contributed by atoms with Crippen molar-refractivity contribution in [3.8, 4) is 11.5 Å². The van der Waals surface area contributed by atoms with Gasteiger partial charge in [-0.15, -0.1) is 0 Å². The van der Waals surface area contributed by atoms with Gasteiger partial charge >= 0.3 is 0 Å². The molecule has 0 aliphatic heterocycles. The largest absolute Gasteiger partial charge is 0.493 e. The van der Waals surface area contributed by atoms with Gasteiger partial charge in [0.05, 0.1) is 14.2 Å². The van der Waals surface area contributed by atoms with E-state index in [2.05, 4.69) is 5.32 Å². The van der Waals surface area contributed by atoms with E-state index in [1.165, 1.54) is 38.5 Å². The first-order valence-electron chi connectivity index (χ1n) is 12.4. The Labute approximate surface area is 226 Å². The molecule has 200 valence electrons. The highest BCUT2D eigenvalue weighted by atomic mass is 35.5. The Balaban J connectivity index is 1.64. The quantitative estimate of drug-likeness (QED) is 0.385. The van der Waals surface area contributed by atoms with Gasteiger partial charge in [0.1, 0.15) is 5.82 Å². The predicted octanol–water partition coefficient (Wildman–Crippen LogP) is 5.66. The molecule has 0 heterocycles. The van der Waals surface area contributed by atoms with E-state index in [0.717, 1.165) is 25.7 Å². The first-order chi connectivity index (χ1) is 18.3. The highest BCUT2D eigenvalue weighted by molar-refractivity contribution is 6.31. The zero-order chi connectivity index (χ0) is 27.2. The van der Waals surface area contributed by atoms with E-state index in [1.807, 2.05) is 0 Å². The molecular weight excluding hydrogens is 509 g/mol. The molecule has 0 saturated heterocycles. The van der Waals surface area contributed by atoms with Crippen molar-refractivity contribution in [2.24, 2.45) is 5.73 Å². The molecule has 3 N–H and O–H groups in total. The van der Waals surface area contributed by atoms with Gasteiger partial charge in [-0.2, -0.15) is 0 Å². The van der Waals surface area contributed by atoms with E-state index in [0.29, 0.717) is 33.3 Å². The van der Waals surface area contributed by atoms with Crippen molar-refractivity contribution < 1.29 is 23.5 Å². The van der Waals surface area contributed by atoms with Gasteiger partial charge in [-0.3, -0.25) is 9.59 Å². The fourth-order valence-corrected chi connectivity index (χ4v) is 4.97. The Morgan fingerprint density at radius 2 is 1.76 bits per heavy atom. The molecule has 4 rings (SSSR count). The SMILES string of the molecule is COc1ccc(C(=O)N(Cc2cc(NC(=O)c3cccc(F)c3)ccc2Cl)C2CCCCC2N)cc1OC. The summed E-state index contributed by atoms with van der Waals surface area (Å²) in [6, 6.07) is 15.2. The Hall–Kier alpha value is -3.62. The number of methoxy groups -OCH3 is 2. The van der Waals surface area contributed by atoms with Crippen LogP contribution >= 0.6 is 11.6 Å². The molecule has 1 aliphatic rings. The second-order valence-electron chi connectivity index (χ2n) is 9.29. The van der Waals surface area contributed by atoms with Crippen LogP contribution in [-0.4, -0.2) is 43.0 Å². The molecule has 2 atom stereocenters. The number of benzene rings is 3. The number of ether oxygens (including phenoxy) is 2. The van der Waals surface area contributed by atoms with Crippen molar-refractivity contribution >= 4 is 29.1 Å². The van der Waals surface area contributed by atoms with Crippen LogP contribution in [0.1, 0.15) is 52.0 Å². The Morgan fingerprint density at radius 1 is 1.00 bits per heavy atom. The number of nitrogens with one attached hydrogen (secondary N) is 1. The minimum Gasteiger partial charge on any atom is -0.493 e. The van der Waals surface area contributed by atoms with Gasteiger partial charge in [0.25, 0.3) is 11.8 Å². The van der Waals surface area contributed by atoms with Gasteiger partial charge < -0.3 is 25.4 Å². The average molecular weight is 540 g/mol. The van der Waals surface area contributed by atoms with E-state index in [1.54, 1.807) is 41.3 Å². The lowest BCUT2D eigenvalue weighted by molar-refractivity contribution is 0.0583. The number of nitrogens with two attached hydrogens (primary N) is 1. The fraction of sp³-hybridized carbons (Fsp3) is 0.310. The number of nitrogens with zero attached hydrogens (tertiary/aromatic N) is 1. The number of anilines is 1. The van der Waals surface area contributed by atoms with Gasteiger partial charge in [-0.05, 0) is 73.0 Å². The minimum atomic E-state index is -0.498. The monoisotopic (exact) mass is 539 g/mol. The maximum atomic E-state index is 13.9. The smallest absolute Gasteiger partial charge is 0.255 e. The standard InChI is InChI=1S/C29H31ClFN3O4/c1-37-26-13-10-19(16-27(26)38-2)29(36)34(25-9-4-3-8-24(25)32)17-20-15-22(11-12-23(20)30)33-28(35)18-6-5-7-21(31)14-18/h5-7,10-16,24-25H,3-4,8-9,17,32H2,1-2H3,(H,33,35). The number of rotatable bonds is 8. The van der Waals surface area contributed by atoms with Crippen LogP contribution in [0.4, 0.5) is 10.1 Å². The molecule has 1 saturated carbocycles. The molecule has 3 aromatic carbocycles. The normalized spacial score (nSPS) is 17.0. The molecule has 2 unspecified atom stereocenters. The summed E-state index contributed by atoms with van der Waals surface area (Å²) in [5.74, 6) is -0.187. The first kappa shape index (κ1) is 27.4. The molecule has 9 heteroatoms. The number of halogens is 2. The van der Waals surface area contributed by atoms with E-state index in [9.17, 15) is 14.0 Å². The molecule has 7 nitrogen and oxygen atoms in total. The van der Waals surface area contributed by atoms with Crippen LogP contribution in [-0.2, 0) is 6.54 Å². The molecular formula is C29H31ClFN3O4. The lowest BCUT2D eigenvalue weighted by atomic mass is 9.89. The third kappa shape index (κ3) is 6.26. The number of amides is 2. The summed E-state index contributed by atoms with van der Waals surface area (Å²) in [7, 11) is 3.05. The third-order valence-electron chi connectivity index (χ3n) is 6.80. The molecule has 0 bridgehead atoms. The van der Waals surface area contributed by atoms with E-state index in [4.69, 9.17) is 26.8 Å². The van der Waals surface area contributed by atoms with Crippen LogP contribution < -0.4 is 20.5 Å². The van der Waals surface area contributed by atoms with Gasteiger partial charge in [-0.1, -0.05) is 30.5 Å². The van der Waals surface area contributed by atoms with Crippen LogP contribution in [0.15, 0.2) is 60.7 Å². The zero-order valence-corrected chi connectivity index (χ0v) is 22.1. The number of carbonyl (C=O) groups is 2. The Kier molecular flexibility index (Phi) is 8.86. The Morgan fingerprint density at radius 3 is 2.47 bits per heavy atom. The van der Waals surface area contributed by atoms with Crippen molar-refractivity contribution in [3.63, 3.8) is 0 Å². The zero-order valence-electron chi connectivity index (χ0n) is 21.4. The highest BCUT2D eigenvalue weighted by Gasteiger charge is 2.32. The number of hydrogen-bond acceptors (Lipinski definition) is 5.